The van der Waals surface area contributed by atoms with Crippen molar-refractivity contribution < 1.29 is 9.84 Å². The summed E-state index contributed by atoms with van der Waals surface area (Å²) in [6.07, 6.45) is 7.29. The van der Waals surface area contributed by atoms with Crippen LogP contribution in [0, 0.1) is 11.8 Å². The van der Waals surface area contributed by atoms with Crippen molar-refractivity contribution in [2.45, 2.75) is 72.3 Å². The largest absolute Gasteiger partial charge is 0.389 e. The van der Waals surface area contributed by atoms with Crippen molar-refractivity contribution in [2.24, 2.45) is 11.8 Å². The predicted molar refractivity (Wildman–Crippen MR) is 87.1 cm³/mol. The van der Waals surface area contributed by atoms with Crippen LogP contribution in [0.5, 0.6) is 0 Å². The Bertz CT molecular complexity index is 197. The van der Waals surface area contributed by atoms with E-state index in [1.54, 1.807) is 0 Å². The maximum atomic E-state index is 9.79. The molecule has 0 fully saturated rings. The Morgan fingerprint density at radius 1 is 0.950 bits per heavy atom. The number of nitrogens with one attached hydrogen (secondary N) is 1. The molecule has 0 heterocycles. The molecule has 0 aliphatic carbocycles. The average molecular weight is 287 g/mol. The number of hydrogen-bond donors (Lipinski definition) is 2. The molecule has 0 rings (SSSR count). The Balaban J connectivity index is 3.26. The van der Waals surface area contributed by atoms with Crippen LogP contribution in [0.2, 0.25) is 0 Å². The van der Waals surface area contributed by atoms with Crippen LogP contribution in [-0.4, -0.2) is 37.5 Å². The molecule has 2 unspecified atom stereocenters. The number of hydrogen-bond acceptors (Lipinski definition) is 3. The summed E-state index contributed by atoms with van der Waals surface area (Å²) in [5.74, 6) is 1.33. The van der Waals surface area contributed by atoms with Crippen LogP contribution >= 0.6 is 0 Å². The van der Waals surface area contributed by atoms with E-state index in [0.717, 1.165) is 19.6 Å². The molecule has 0 aromatic carbocycles. The smallest absolute Gasteiger partial charge is 0.0897 e. The minimum Gasteiger partial charge on any atom is -0.389 e. The zero-order valence-corrected chi connectivity index (χ0v) is 14.2. The first kappa shape index (κ1) is 19.9. The molecule has 0 aliphatic heterocycles. The highest BCUT2D eigenvalue weighted by atomic mass is 16.5. The van der Waals surface area contributed by atoms with Crippen molar-refractivity contribution in [3.8, 4) is 0 Å². The second kappa shape index (κ2) is 13.8. The second-order valence-electron chi connectivity index (χ2n) is 6.38. The fraction of sp³-hybridized carbons (Fsp3) is 1.00. The normalized spacial score (nSPS) is 14.7. The number of aliphatic hydroxyl groups excluding tert-OH is 1. The highest BCUT2D eigenvalue weighted by molar-refractivity contribution is 4.64. The predicted octanol–water partition coefficient (Wildman–Crippen LogP) is 3.61. The van der Waals surface area contributed by atoms with Gasteiger partial charge in [-0.2, -0.15) is 0 Å². The maximum Gasteiger partial charge on any atom is 0.0897 e. The zero-order valence-electron chi connectivity index (χ0n) is 14.2. The highest BCUT2D eigenvalue weighted by Crippen LogP contribution is 2.07. The van der Waals surface area contributed by atoms with Crippen LogP contribution in [-0.2, 0) is 4.74 Å². The number of rotatable bonds is 14. The molecule has 0 aromatic heterocycles. The summed E-state index contributed by atoms with van der Waals surface area (Å²) in [5, 5.41) is 13.1. The molecule has 0 spiro atoms. The fourth-order valence-electron chi connectivity index (χ4n) is 1.98. The molecular weight excluding hydrogens is 250 g/mol. The fourth-order valence-corrected chi connectivity index (χ4v) is 1.98. The molecule has 2 atom stereocenters. The van der Waals surface area contributed by atoms with E-state index in [2.05, 4.69) is 33.0 Å². The van der Waals surface area contributed by atoms with Gasteiger partial charge in [-0.15, -0.1) is 0 Å². The van der Waals surface area contributed by atoms with E-state index in [1.165, 1.54) is 32.1 Å². The summed E-state index contributed by atoms with van der Waals surface area (Å²) < 4.78 is 5.52. The zero-order chi connectivity index (χ0) is 15.2. The minimum atomic E-state index is -0.380. The molecule has 0 saturated heterocycles. The third-order valence-electron chi connectivity index (χ3n) is 3.94. The van der Waals surface area contributed by atoms with Crippen LogP contribution in [0.3, 0.4) is 0 Å². The lowest BCUT2D eigenvalue weighted by Crippen LogP contribution is -2.34. The van der Waals surface area contributed by atoms with Gasteiger partial charge >= 0.3 is 0 Å². The van der Waals surface area contributed by atoms with Crippen molar-refractivity contribution in [1.29, 1.82) is 0 Å². The molecule has 0 saturated carbocycles. The van der Waals surface area contributed by atoms with Gasteiger partial charge < -0.3 is 15.2 Å². The average Bonchev–Trinajstić information content (AvgIpc) is 2.41. The molecule has 20 heavy (non-hydrogen) atoms. The quantitative estimate of drug-likeness (QED) is 0.480. The number of unbranched alkanes of at least 4 members (excludes halogenated alkanes) is 5. The molecule has 2 N–H and O–H groups in total. The van der Waals surface area contributed by atoms with E-state index in [1.807, 2.05) is 0 Å². The summed E-state index contributed by atoms with van der Waals surface area (Å²) in [7, 11) is 0. The number of ether oxygens (including phenoxy) is 1. The Hall–Kier alpha value is -0.120. The van der Waals surface area contributed by atoms with Gasteiger partial charge in [0.2, 0.25) is 0 Å². The summed E-state index contributed by atoms with van der Waals surface area (Å²) in [6.45, 7) is 11.8. The SMILES string of the molecule is CCCCCCCCOCC(O)CNCC(C)C(C)C. The van der Waals surface area contributed by atoms with Gasteiger partial charge in [-0.25, -0.2) is 0 Å². The molecule has 0 bridgehead atoms. The van der Waals surface area contributed by atoms with Crippen LogP contribution in [0.1, 0.15) is 66.2 Å². The first-order valence-electron chi connectivity index (χ1n) is 8.54. The second-order valence-corrected chi connectivity index (χ2v) is 6.38. The Morgan fingerprint density at radius 2 is 1.60 bits per heavy atom. The third kappa shape index (κ3) is 12.9. The lowest BCUT2D eigenvalue weighted by molar-refractivity contribution is 0.0349. The molecule has 122 valence electrons. The molecule has 0 aromatic rings. The van der Waals surface area contributed by atoms with Gasteiger partial charge in [0.25, 0.3) is 0 Å². The third-order valence-corrected chi connectivity index (χ3v) is 3.94. The monoisotopic (exact) mass is 287 g/mol. The molecule has 0 aliphatic rings. The first-order valence-corrected chi connectivity index (χ1v) is 8.54. The van der Waals surface area contributed by atoms with Crippen LogP contribution < -0.4 is 5.32 Å². The number of aliphatic hydroxyl groups is 1. The van der Waals surface area contributed by atoms with Crippen LogP contribution in [0.25, 0.3) is 0 Å². The van der Waals surface area contributed by atoms with E-state index in [4.69, 9.17) is 4.74 Å². The summed E-state index contributed by atoms with van der Waals surface area (Å²) in [4.78, 5) is 0. The Morgan fingerprint density at radius 3 is 2.25 bits per heavy atom. The van der Waals surface area contributed by atoms with E-state index in [9.17, 15) is 5.11 Å². The van der Waals surface area contributed by atoms with E-state index >= 15 is 0 Å². The summed E-state index contributed by atoms with van der Waals surface area (Å²) in [6, 6.07) is 0. The highest BCUT2D eigenvalue weighted by Gasteiger charge is 2.08. The first-order chi connectivity index (χ1) is 9.57. The standard InChI is InChI=1S/C17H37NO2/c1-5-6-7-8-9-10-11-20-14-17(19)13-18-12-16(4)15(2)3/h15-19H,5-14H2,1-4H3. The van der Waals surface area contributed by atoms with Crippen molar-refractivity contribution in [2.75, 3.05) is 26.3 Å². The van der Waals surface area contributed by atoms with Gasteiger partial charge in [0.15, 0.2) is 0 Å². The van der Waals surface area contributed by atoms with Crippen LogP contribution in [0.4, 0.5) is 0 Å². The lowest BCUT2D eigenvalue weighted by Gasteiger charge is -2.18. The van der Waals surface area contributed by atoms with E-state index in [-0.39, 0.29) is 6.10 Å². The molecule has 0 amide bonds. The van der Waals surface area contributed by atoms with Gasteiger partial charge in [0.05, 0.1) is 12.7 Å². The summed E-state index contributed by atoms with van der Waals surface area (Å²) >= 11 is 0. The van der Waals surface area contributed by atoms with Crippen molar-refractivity contribution in [3.63, 3.8) is 0 Å². The van der Waals surface area contributed by atoms with Crippen molar-refractivity contribution in [1.82, 2.24) is 5.32 Å². The Labute approximate surface area is 126 Å². The summed E-state index contributed by atoms with van der Waals surface area (Å²) in [5.41, 5.74) is 0. The van der Waals surface area contributed by atoms with Gasteiger partial charge in [-0.05, 0) is 24.8 Å². The van der Waals surface area contributed by atoms with E-state index < -0.39 is 0 Å². The van der Waals surface area contributed by atoms with Crippen molar-refractivity contribution >= 4 is 0 Å². The van der Waals surface area contributed by atoms with Gasteiger partial charge in [-0.3, -0.25) is 0 Å². The lowest BCUT2D eigenvalue weighted by atomic mass is 9.98. The molecular formula is C17H37NO2. The van der Waals surface area contributed by atoms with Gasteiger partial charge in [0.1, 0.15) is 0 Å². The van der Waals surface area contributed by atoms with Crippen LogP contribution in [0.15, 0.2) is 0 Å². The molecule has 3 nitrogen and oxygen atoms in total. The molecule has 3 heteroatoms. The molecule has 0 radical (unpaired) electrons. The maximum absolute atomic E-state index is 9.79. The van der Waals surface area contributed by atoms with Gasteiger partial charge in [-0.1, -0.05) is 59.8 Å². The minimum absolute atomic E-state index is 0.380. The van der Waals surface area contributed by atoms with Gasteiger partial charge in [0, 0.05) is 13.2 Å². The Kier molecular flexibility index (Phi) is 13.8. The van der Waals surface area contributed by atoms with E-state index in [0.29, 0.717) is 25.0 Å². The topological polar surface area (TPSA) is 41.5 Å². The van der Waals surface area contributed by atoms with Crippen molar-refractivity contribution in [3.05, 3.63) is 0 Å².